The van der Waals surface area contributed by atoms with Crippen molar-refractivity contribution in [2.45, 2.75) is 26.8 Å². The largest absolute Gasteiger partial charge is 0.494 e. The van der Waals surface area contributed by atoms with E-state index in [2.05, 4.69) is 26.2 Å². The van der Waals surface area contributed by atoms with Crippen LogP contribution in [-0.4, -0.2) is 32.7 Å². The topological polar surface area (TPSA) is 94.0 Å². The number of aryl methyl sites for hydroxylation is 1. The Hall–Kier alpha value is -3.68. The van der Waals surface area contributed by atoms with E-state index in [1.54, 1.807) is 4.68 Å². The molecule has 0 saturated heterocycles. The minimum absolute atomic E-state index is 0.204. The van der Waals surface area contributed by atoms with Gasteiger partial charge in [0.05, 0.1) is 12.2 Å². The van der Waals surface area contributed by atoms with Crippen LogP contribution in [0.2, 0.25) is 0 Å². The molecular weight excluding hydrogens is 368 g/mol. The number of nitrogens with zero attached hydrogens (tertiary/aromatic N) is 4. The lowest BCUT2D eigenvalue weighted by Crippen LogP contribution is -2.31. The van der Waals surface area contributed by atoms with Gasteiger partial charge in [-0.15, -0.1) is 0 Å². The highest BCUT2D eigenvalue weighted by Crippen LogP contribution is 2.35. The lowest BCUT2D eigenvalue weighted by molar-refractivity contribution is -0.113. The van der Waals surface area contributed by atoms with Gasteiger partial charge in [-0.1, -0.05) is 35.4 Å². The second kappa shape index (κ2) is 7.75. The van der Waals surface area contributed by atoms with Crippen molar-refractivity contribution < 1.29 is 9.53 Å². The number of para-hydroxylation sites is 1. The van der Waals surface area contributed by atoms with E-state index in [4.69, 9.17) is 4.74 Å². The van der Waals surface area contributed by atoms with Crippen LogP contribution in [0.1, 0.15) is 31.0 Å². The van der Waals surface area contributed by atoms with Gasteiger partial charge in [0.15, 0.2) is 0 Å². The highest BCUT2D eigenvalue weighted by Gasteiger charge is 2.34. The number of carbonyl (C=O) groups excluding carboxylic acids is 1. The zero-order valence-corrected chi connectivity index (χ0v) is 16.5. The molecule has 0 spiro atoms. The number of amides is 1. The second-order valence-electron chi connectivity index (χ2n) is 6.78. The zero-order chi connectivity index (χ0) is 20.4. The number of rotatable bonds is 5. The monoisotopic (exact) mass is 390 g/mol. The molecule has 8 heteroatoms. The van der Waals surface area contributed by atoms with Crippen molar-refractivity contribution in [1.82, 2.24) is 20.2 Å². The summed E-state index contributed by atoms with van der Waals surface area (Å²) in [6.45, 7) is 6.34. The number of benzene rings is 2. The predicted molar refractivity (Wildman–Crippen MR) is 110 cm³/mol. The van der Waals surface area contributed by atoms with Crippen molar-refractivity contribution in [1.29, 1.82) is 0 Å². The van der Waals surface area contributed by atoms with E-state index in [1.807, 2.05) is 69.3 Å². The van der Waals surface area contributed by atoms with Crippen molar-refractivity contribution in [3.8, 4) is 5.75 Å². The second-order valence-corrected chi connectivity index (χ2v) is 6.78. The van der Waals surface area contributed by atoms with Crippen molar-refractivity contribution in [2.75, 3.05) is 17.2 Å². The fourth-order valence-corrected chi connectivity index (χ4v) is 3.43. The molecule has 29 heavy (non-hydrogen) atoms. The van der Waals surface area contributed by atoms with Crippen LogP contribution in [0.3, 0.4) is 0 Å². The maximum Gasteiger partial charge on any atom is 0.255 e. The summed E-state index contributed by atoms with van der Waals surface area (Å²) in [7, 11) is 0. The standard InChI is InChI=1S/C21H22N6O2/c1-4-29-16-11-9-15(10-12-16)19-18(14(3)22-21-24-25-26-27(19)21)20(28)23-17-8-6-5-7-13(17)2/h5-12,19H,4H2,1-3H3,(H,23,28)(H,22,24,26). The predicted octanol–water partition coefficient (Wildman–Crippen LogP) is 3.31. The van der Waals surface area contributed by atoms with Gasteiger partial charge >= 0.3 is 0 Å². The van der Waals surface area contributed by atoms with E-state index in [0.717, 1.165) is 22.6 Å². The fraction of sp³-hybridized carbons (Fsp3) is 0.238. The lowest BCUT2D eigenvalue weighted by Gasteiger charge is -2.28. The highest BCUT2D eigenvalue weighted by molar-refractivity contribution is 6.06. The maximum absolute atomic E-state index is 13.3. The van der Waals surface area contributed by atoms with Gasteiger partial charge < -0.3 is 15.4 Å². The van der Waals surface area contributed by atoms with E-state index in [1.165, 1.54) is 0 Å². The molecule has 1 atom stereocenters. The van der Waals surface area contributed by atoms with Crippen LogP contribution >= 0.6 is 0 Å². The number of allylic oxidation sites excluding steroid dienone is 1. The Morgan fingerprint density at radius 3 is 2.66 bits per heavy atom. The van der Waals surface area contributed by atoms with Gasteiger partial charge in [0.2, 0.25) is 5.95 Å². The van der Waals surface area contributed by atoms with Crippen molar-refractivity contribution in [3.05, 3.63) is 70.9 Å². The zero-order valence-electron chi connectivity index (χ0n) is 16.5. The molecule has 148 valence electrons. The Morgan fingerprint density at radius 1 is 1.17 bits per heavy atom. The van der Waals surface area contributed by atoms with Gasteiger partial charge in [0.25, 0.3) is 5.91 Å². The molecule has 0 radical (unpaired) electrons. The number of aromatic nitrogens is 4. The van der Waals surface area contributed by atoms with Gasteiger partial charge in [-0.05, 0) is 60.5 Å². The Kier molecular flexibility index (Phi) is 4.99. The number of tetrazole rings is 1. The average molecular weight is 390 g/mol. The third kappa shape index (κ3) is 3.56. The van der Waals surface area contributed by atoms with E-state index in [0.29, 0.717) is 23.8 Å². The van der Waals surface area contributed by atoms with Crippen molar-refractivity contribution in [3.63, 3.8) is 0 Å². The summed E-state index contributed by atoms with van der Waals surface area (Å²) < 4.78 is 7.16. The molecule has 1 aromatic heterocycles. The summed E-state index contributed by atoms with van der Waals surface area (Å²) in [5.74, 6) is 1.06. The lowest BCUT2D eigenvalue weighted by atomic mass is 9.95. The maximum atomic E-state index is 13.3. The highest BCUT2D eigenvalue weighted by atomic mass is 16.5. The summed E-state index contributed by atoms with van der Waals surface area (Å²) in [6.07, 6.45) is 0. The van der Waals surface area contributed by atoms with Gasteiger partial charge in [0.1, 0.15) is 11.8 Å². The Bertz CT molecular complexity index is 1070. The smallest absolute Gasteiger partial charge is 0.255 e. The van der Waals surface area contributed by atoms with Crippen LogP contribution in [0, 0.1) is 6.92 Å². The molecule has 1 aliphatic rings. The number of anilines is 2. The molecule has 1 amide bonds. The Morgan fingerprint density at radius 2 is 1.93 bits per heavy atom. The van der Waals surface area contributed by atoms with Crippen molar-refractivity contribution in [2.24, 2.45) is 0 Å². The van der Waals surface area contributed by atoms with Gasteiger partial charge in [-0.25, -0.2) is 0 Å². The van der Waals surface area contributed by atoms with E-state index in [9.17, 15) is 4.79 Å². The van der Waals surface area contributed by atoms with Crippen LogP contribution in [0.15, 0.2) is 59.8 Å². The first-order valence-corrected chi connectivity index (χ1v) is 9.44. The van der Waals surface area contributed by atoms with Gasteiger partial charge in [-0.3, -0.25) is 4.79 Å². The Labute approximate surface area is 168 Å². The number of nitrogens with one attached hydrogen (secondary N) is 2. The minimum atomic E-state index is -0.457. The van der Waals surface area contributed by atoms with Crippen molar-refractivity contribution >= 4 is 17.5 Å². The van der Waals surface area contributed by atoms with Crippen LogP contribution in [0.4, 0.5) is 11.6 Å². The van der Waals surface area contributed by atoms with Crippen LogP contribution in [0.5, 0.6) is 5.75 Å². The summed E-state index contributed by atoms with van der Waals surface area (Å²) in [5.41, 5.74) is 3.90. The van der Waals surface area contributed by atoms with Crippen LogP contribution in [-0.2, 0) is 4.79 Å². The molecule has 2 N–H and O–H groups in total. The quantitative estimate of drug-likeness (QED) is 0.694. The summed E-state index contributed by atoms with van der Waals surface area (Å²) in [5, 5.41) is 18.0. The number of hydrogen-bond acceptors (Lipinski definition) is 6. The van der Waals surface area contributed by atoms with Gasteiger partial charge in [-0.2, -0.15) is 4.68 Å². The average Bonchev–Trinajstić information content (AvgIpc) is 3.17. The molecular formula is C21H22N6O2. The van der Waals surface area contributed by atoms with E-state index in [-0.39, 0.29) is 5.91 Å². The number of carbonyl (C=O) groups is 1. The third-order valence-electron chi connectivity index (χ3n) is 4.86. The fourth-order valence-electron chi connectivity index (χ4n) is 3.43. The van der Waals surface area contributed by atoms with Crippen LogP contribution < -0.4 is 15.4 Å². The summed E-state index contributed by atoms with van der Waals surface area (Å²) >= 11 is 0. The molecule has 1 aliphatic heterocycles. The molecule has 0 fully saturated rings. The first-order chi connectivity index (χ1) is 14.1. The normalized spacial score (nSPS) is 15.5. The summed E-state index contributed by atoms with van der Waals surface area (Å²) in [4.78, 5) is 13.3. The molecule has 3 aromatic rings. The Balaban J connectivity index is 1.73. The molecule has 8 nitrogen and oxygen atoms in total. The SMILES string of the molecule is CCOc1ccc(C2C(C(=O)Nc3ccccc3C)=C(C)Nc3nnnn32)cc1. The van der Waals surface area contributed by atoms with E-state index >= 15 is 0 Å². The third-order valence-corrected chi connectivity index (χ3v) is 4.86. The number of ether oxygens (including phenoxy) is 1. The molecule has 0 saturated carbocycles. The summed E-state index contributed by atoms with van der Waals surface area (Å²) in [6, 6.07) is 14.9. The van der Waals surface area contributed by atoms with E-state index < -0.39 is 6.04 Å². The molecule has 1 unspecified atom stereocenters. The minimum Gasteiger partial charge on any atom is -0.494 e. The molecule has 0 aliphatic carbocycles. The molecule has 4 rings (SSSR count). The molecule has 0 bridgehead atoms. The number of hydrogen-bond donors (Lipinski definition) is 2. The number of fused-ring (bicyclic) bond motifs is 1. The van der Waals surface area contributed by atoms with Crippen LogP contribution in [0.25, 0.3) is 0 Å². The first-order valence-electron chi connectivity index (χ1n) is 9.44. The molecule has 2 heterocycles. The molecule has 2 aromatic carbocycles. The van der Waals surface area contributed by atoms with Gasteiger partial charge in [0, 0.05) is 11.4 Å². The first kappa shape index (κ1) is 18.7.